The van der Waals surface area contributed by atoms with Crippen molar-refractivity contribution in [1.82, 2.24) is 19.7 Å². The van der Waals surface area contributed by atoms with E-state index in [1.54, 1.807) is 16.4 Å². The lowest BCUT2D eigenvalue weighted by molar-refractivity contribution is 0.344. The molecule has 2 aromatic heterocycles. The summed E-state index contributed by atoms with van der Waals surface area (Å²) >= 11 is 5.23. The Kier molecular flexibility index (Phi) is 6.01. The largest absolute Gasteiger partial charge is 0.493 e. The van der Waals surface area contributed by atoms with Crippen LogP contribution in [0.25, 0.3) is 22.0 Å². The van der Waals surface area contributed by atoms with Crippen LogP contribution in [0.3, 0.4) is 0 Å². The number of hydrogen-bond donors (Lipinski definition) is 1. The number of nitrogens with zero attached hydrogens (tertiary/aromatic N) is 4. The van der Waals surface area contributed by atoms with E-state index in [9.17, 15) is 0 Å². The highest BCUT2D eigenvalue weighted by Gasteiger charge is 2.08. The molecule has 0 unspecified atom stereocenters. The molecular weight excluding hydrogens is 450 g/mol. The molecule has 4 aromatic rings. The zero-order valence-corrected chi connectivity index (χ0v) is 18.5. The molecule has 0 spiro atoms. The van der Waals surface area contributed by atoms with Gasteiger partial charge in [-0.3, -0.25) is 4.68 Å². The number of anilines is 2. The molecule has 0 fully saturated rings. The molecule has 0 saturated carbocycles. The number of halogens is 1. The number of nitrogens with one attached hydrogen (secondary N) is 1. The van der Waals surface area contributed by atoms with E-state index in [1.807, 2.05) is 62.0 Å². The van der Waals surface area contributed by atoms with Gasteiger partial charge in [0.15, 0.2) is 0 Å². The molecule has 0 radical (unpaired) electrons. The average Bonchev–Trinajstić information content (AvgIpc) is 3.15. The first-order valence-electron chi connectivity index (χ1n) is 9.06. The monoisotopic (exact) mass is 469 g/mol. The lowest BCUT2D eigenvalue weighted by Gasteiger charge is -2.12. The molecule has 1 N–H and O–H groups in total. The zero-order chi connectivity index (χ0) is 20.2. The Morgan fingerprint density at radius 2 is 2.03 bits per heavy atom. The first-order valence-corrected chi connectivity index (χ1v) is 11.2. The lowest BCUT2D eigenvalue weighted by atomic mass is 10.1. The summed E-state index contributed by atoms with van der Waals surface area (Å²) in [6, 6.07) is 12.0. The SMILES string of the molecule is CSCCOc1cc(Nc2ncc3cc(Br)ccc3n2)cc(-c2cnn(C)c2)c1. The third-order valence-corrected chi connectivity index (χ3v) is 5.37. The predicted molar refractivity (Wildman–Crippen MR) is 123 cm³/mol. The fourth-order valence-corrected chi connectivity index (χ4v) is 3.56. The van der Waals surface area contributed by atoms with Crippen molar-refractivity contribution in [3.05, 3.63) is 59.5 Å². The molecule has 29 heavy (non-hydrogen) atoms. The molecule has 6 nitrogen and oxygen atoms in total. The van der Waals surface area contributed by atoms with Gasteiger partial charge in [-0.15, -0.1) is 0 Å². The second kappa shape index (κ2) is 8.84. The quantitative estimate of drug-likeness (QED) is 0.371. The third kappa shape index (κ3) is 4.89. The van der Waals surface area contributed by atoms with Crippen LogP contribution in [0.2, 0.25) is 0 Å². The number of fused-ring (bicyclic) bond motifs is 1. The van der Waals surface area contributed by atoms with Gasteiger partial charge >= 0.3 is 0 Å². The first-order chi connectivity index (χ1) is 14.1. The minimum absolute atomic E-state index is 0.540. The van der Waals surface area contributed by atoms with Gasteiger partial charge in [-0.25, -0.2) is 9.97 Å². The van der Waals surface area contributed by atoms with Crippen LogP contribution >= 0.6 is 27.7 Å². The van der Waals surface area contributed by atoms with Crippen LogP contribution in [0.5, 0.6) is 5.75 Å². The Morgan fingerprint density at radius 1 is 1.14 bits per heavy atom. The van der Waals surface area contributed by atoms with Gasteiger partial charge in [0.1, 0.15) is 5.75 Å². The molecule has 2 aromatic carbocycles. The fourth-order valence-electron chi connectivity index (χ4n) is 2.93. The maximum absolute atomic E-state index is 5.94. The van der Waals surface area contributed by atoms with Gasteiger partial charge in [-0.1, -0.05) is 15.9 Å². The molecular formula is C21H20BrN5OS. The van der Waals surface area contributed by atoms with Crippen molar-refractivity contribution in [1.29, 1.82) is 0 Å². The summed E-state index contributed by atoms with van der Waals surface area (Å²) in [4.78, 5) is 9.07. The molecule has 4 rings (SSSR count). The number of benzene rings is 2. The highest BCUT2D eigenvalue weighted by molar-refractivity contribution is 9.10. The van der Waals surface area contributed by atoms with Crippen LogP contribution in [0, 0.1) is 0 Å². The van der Waals surface area contributed by atoms with E-state index in [0.717, 1.165) is 43.7 Å². The highest BCUT2D eigenvalue weighted by Crippen LogP contribution is 2.30. The van der Waals surface area contributed by atoms with Crippen molar-refractivity contribution in [2.75, 3.05) is 23.9 Å². The molecule has 0 aliphatic rings. The van der Waals surface area contributed by atoms with Crippen molar-refractivity contribution in [2.45, 2.75) is 0 Å². The highest BCUT2D eigenvalue weighted by atomic mass is 79.9. The number of aryl methyl sites for hydroxylation is 1. The van der Waals surface area contributed by atoms with Crippen LogP contribution in [-0.4, -0.2) is 38.4 Å². The van der Waals surface area contributed by atoms with E-state index in [2.05, 4.69) is 42.6 Å². The second-order valence-corrected chi connectivity index (χ2v) is 8.41. The number of aromatic nitrogens is 4. The van der Waals surface area contributed by atoms with E-state index in [-0.39, 0.29) is 0 Å². The van der Waals surface area contributed by atoms with E-state index >= 15 is 0 Å². The normalized spacial score (nSPS) is 11.0. The molecule has 0 bridgehead atoms. The number of hydrogen-bond acceptors (Lipinski definition) is 6. The Hall–Kier alpha value is -2.58. The van der Waals surface area contributed by atoms with E-state index in [4.69, 9.17) is 4.74 Å². The summed E-state index contributed by atoms with van der Waals surface area (Å²) in [6.07, 6.45) is 7.71. The summed E-state index contributed by atoms with van der Waals surface area (Å²) < 4.78 is 8.73. The molecule has 0 aliphatic heterocycles. The van der Waals surface area contributed by atoms with E-state index in [1.165, 1.54) is 0 Å². The van der Waals surface area contributed by atoms with Gasteiger partial charge in [-0.05, 0) is 42.2 Å². The number of thioether (sulfide) groups is 1. The van der Waals surface area contributed by atoms with Crippen molar-refractivity contribution in [3.63, 3.8) is 0 Å². The minimum atomic E-state index is 0.540. The number of rotatable bonds is 7. The Labute approximate surface area is 181 Å². The summed E-state index contributed by atoms with van der Waals surface area (Å²) in [6.45, 7) is 0.651. The van der Waals surface area contributed by atoms with Gasteiger partial charge in [0, 0.05) is 52.4 Å². The van der Waals surface area contributed by atoms with E-state index in [0.29, 0.717) is 12.6 Å². The van der Waals surface area contributed by atoms with Gasteiger partial charge in [-0.2, -0.15) is 16.9 Å². The van der Waals surface area contributed by atoms with Crippen molar-refractivity contribution >= 4 is 50.2 Å². The Balaban J connectivity index is 1.66. The maximum Gasteiger partial charge on any atom is 0.227 e. The standard InChI is InChI=1S/C21H20BrN5OS/c1-27-13-16(12-24-27)14-8-18(10-19(9-14)28-5-6-29-2)25-21-23-11-15-7-17(22)3-4-20(15)26-21/h3-4,7-13H,5-6H2,1-2H3,(H,23,25,26). The molecule has 0 atom stereocenters. The van der Waals surface area contributed by atoms with Crippen LogP contribution in [0.1, 0.15) is 0 Å². The maximum atomic E-state index is 5.94. The molecule has 8 heteroatoms. The third-order valence-electron chi connectivity index (χ3n) is 4.30. The molecule has 0 saturated heterocycles. The Morgan fingerprint density at radius 3 is 2.83 bits per heavy atom. The van der Waals surface area contributed by atoms with Gasteiger partial charge in [0.2, 0.25) is 5.95 Å². The summed E-state index contributed by atoms with van der Waals surface area (Å²) in [5.74, 6) is 2.27. The van der Waals surface area contributed by atoms with Crippen LogP contribution in [0.15, 0.2) is 59.5 Å². The molecule has 2 heterocycles. The topological polar surface area (TPSA) is 64.9 Å². The fraction of sp³-hybridized carbons (Fsp3) is 0.190. The summed E-state index contributed by atoms with van der Waals surface area (Å²) in [5.41, 5.74) is 3.79. The van der Waals surface area contributed by atoms with Gasteiger partial charge in [0.05, 0.1) is 18.3 Å². The second-order valence-electron chi connectivity index (χ2n) is 6.51. The zero-order valence-electron chi connectivity index (χ0n) is 16.1. The number of ether oxygens (including phenoxy) is 1. The van der Waals surface area contributed by atoms with E-state index < -0.39 is 0 Å². The lowest BCUT2D eigenvalue weighted by Crippen LogP contribution is -2.02. The Bertz CT molecular complexity index is 1150. The minimum Gasteiger partial charge on any atom is -0.493 e. The predicted octanol–water partition coefficient (Wildman–Crippen LogP) is 5.28. The van der Waals surface area contributed by atoms with Crippen LogP contribution in [0.4, 0.5) is 11.6 Å². The van der Waals surface area contributed by atoms with Crippen LogP contribution < -0.4 is 10.1 Å². The van der Waals surface area contributed by atoms with Gasteiger partial charge < -0.3 is 10.1 Å². The smallest absolute Gasteiger partial charge is 0.227 e. The average molecular weight is 470 g/mol. The van der Waals surface area contributed by atoms with Crippen molar-refractivity contribution in [2.24, 2.45) is 7.05 Å². The van der Waals surface area contributed by atoms with Crippen molar-refractivity contribution in [3.8, 4) is 16.9 Å². The van der Waals surface area contributed by atoms with Gasteiger partial charge in [0.25, 0.3) is 0 Å². The van der Waals surface area contributed by atoms with Crippen LogP contribution in [-0.2, 0) is 7.05 Å². The first kappa shape index (κ1) is 19.7. The molecule has 148 valence electrons. The van der Waals surface area contributed by atoms with Crippen molar-refractivity contribution < 1.29 is 4.74 Å². The molecule has 0 aliphatic carbocycles. The molecule has 0 amide bonds. The summed E-state index contributed by atoms with van der Waals surface area (Å²) in [7, 11) is 1.91. The summed E-state index contributed by atoms with van der Waals surface area (Å²) in [5, 5.41) is 8.57.